The van der Waals surface area contributed by atoms with E-state index < -0.39 is 0 Å². The monoisotopic (exact) mass is 426 g/mol. The smallest absolute Gasteiger partial charge is 0.224 e. The molecule has 5 heteroatoms. The largest absolute Gasteiger partial charge is 0.487 e. The van der Waals surface area contributed by atoms with Crippen LogP contribution in [0.5, 0.6) is 5.75 Å². The van der Waals surface area contributed by atoms with Crippen LogP contribution in [0.15, 0.2) is 42.5 Å². The van der Waals surface area contributed by atoms with Gasteiger partial charge in [0, 0.05) is 30.1 Å². The van der Waals surface area contributed by atoms with Crippen LogP contribution in [-0.2, 0) is 11.3 Å². The average Bonchev–Trinajstić information content (AvgIpc) is 2.70. The molecule has 0 saturated carbocycles. The molecule has 1 amide bonds. The minimum atomic E-state index is -0.303. The van der Waals surface area contributed by atoms with Crippen LogP contribution in [-0.4, -0.2) is 29.5 Å². The number of fused-ring (bicyclic) bond motifs is 1. The van der Waals surface area contributed by atoms with Gasteiger partial charge < -0.3 is 10.1 Å². The number of ether oxygens (including phenoxy) is 1. The number of likely N-dealkylation sites (tertiary alicyclic amines) is 1. The van der Waals surface area contributed by atoms with E-state index in [2.05, 4.69) is 49.2 Å². The molecule has 0 aromatic heterocycles. The highest BCUT2D eigenvalue weighted by Gasteiger charge is 2.36. The van der Waals surface area contributed by atoms with Crippen LogP contribution in [0.1, 0.15) is 55.8 Å². The Labute approximate surface area is 184 Å². The molecule has 0 unspecified atom stereocenters. The van der Waals surface area contributed by atoms with Crippen molar-refractivity contribution in [3.8, 4) is 5.75 Å². The van der Waals surface area contributed by atoms with E-state index in [0.717, 1.165) is 60.8 Å². The third-order valence-corrected chi connectivity index (χ3v) is 6.54. The molecule has 1 saturated heterocycles. The number of rotatable bonds is 4. The lowest BCUT2D eigenvalue weighted by Gasteiger charge is -2.39. The lowest BCUT2D eigenvalue weighted by atomic mass is 9.88. The van der Waals surface area contributed by atoms with Crippen LogP contribution in [0.25, 0.3) is 0 Å². The molecule has 2 heterocycles. The van der Waals surface area contributed by atoms with Gasteiger partial charge in [0.15, 0.2) is 0 Å². The van der Waals surface area contributed by atoms with E-state index in [1.54, 1.807) is 0 Å². The molecule has 0 radical (unpaired) electrons. The van der Waals surface area contributed by atoms with Crippen molar-refractivity contribution in [2.24, 2.45) is 5.92 Å². The quantitative estimate of drug-likeness (QED) is 0.723. The second-order valence-electron chi connectivity index (χ2n) is 9.33. The van der Waals surface area contributed by atoms with E-state index in [1.807, 2.05) is 24.3 Å². The maximum atomic E-state index is 13.2. The summed E-state index contributed by atoms with van der Waals surface area (Å²) in [5.74, 6) is 1.03. The number of hydrogen-bond donors (Lipinski definition) is 1. The number of carbonyl (C=O) groups is 1. The number of halogens is 1. The van der Waals surface area contributed by atoms with Crippen molar-refractivity contribution in [1.82, 2.24) is 10.2 Å². The van der Waals surface area contributed by atoms with E-state index in [9.17, 15) is 4.79 Å². The van der Waals surface area contributed by atoms with Gasteiger partial charge in [0.1, 0.15) is 11.4 Å². The fraction of sp³-hybridized carbons (Fsp3) is 0.480. The maximum Gasteiger partial charge on any atom is 0.224 e. The summed E-state index contributed by atoms with van der Waals surface area (Å²) in [7, 11) is 0. The maximum absolute atomic E-state index is 13.2. The molecular formula is C25H31ClN2O2. The Bertz CT molecular complexity index is 927. The van der Waals surface area contributed by atoms with Crippen LogP contribution in [0.3, 0.4) is 0 Å². The zero-order valence-corrected chi connectivity index (χ0v) is 18.8. The Morgan fingerprint density at radius 3 is 2.87 bits per heavy atom. The summed E-state index contributed by atoms with van der Waals surface area (Å²) in [6, 6.07) is 14.2. The summed E-state index contributed by atoms with van der Waals surface area (Å²) in [4.78, 5) is 15.6. The fourth-order valence-electron chi connectivity index (χ4n) is 4.67. The molecule has 0 spiro atoms. The molecule has 2 aliphatic heterocycles. The Hall–Kier alpha value is -2.04. The Morgan fingerprint density at radius 2 is 2.07 bits per heavy atom. The topological polar surface area (TPSA) is 41.6 Å². The van der Waals surface area contributed by atoms with Crippen LogP contribution in [0.4, 0.5) is 0 Å². The SMILES string of the molecule is Cc1ccc2c(c1)[C@@H](NC(=O)[C@@H]1CCCN(Cc3ccccc3Cl)C1)CC(C)(C)O2. The zero-order chi connectivity index (χ0) is 21.3. The van der Waals surface area contributed by atoms with Crippen LogP contribution in [0.2, 0.25) is 5.02 Å². The van der Waals surface area contributed by atoms with Crippen LogP contribution in [0, 0.1) is 12.8 Å². The van der Waals surface area contributed by atoms with Crippen molar-refractivity contribution < 1.29 is 9.53 Å². The summed E-state index contributed by atoms with van der Waals surface area (Å²) >= 11 is 6.34. The van der Waals surface area contributed by atoms with Crippen molar-refractivity contribution in [3.05, 3.63) is 64.2 Å². The van der Waals surface area contributed by atoms with Crippen molar-refractivity contribution in [2.75, 3.05) is 13.1 Å². The second kappa shape index (κ2) is 8.60. The fourth-order valence-corrected chi connectivity index (χ4v) is 4.87. The normalized spacial score (nSPS) is 23.3. The summed E-state index contributed by atoms with van der Waals surface area (Å²) in [5, 5.41) is 4.14. The number of carbonyl (C=O) groups excluding carboxylic acids is 1. The van der Waals surface area contributed by atoms with E-state index in [-0.39, 0.29) is 23.5 Å². The van der Waals surface area contributed by atoms with Gasteiger partial charge in [-0.3, -0.25) is 9.69 Å². The average molecular weight is 427 g/mol. The molecule has 4 rings (SSSR count). The minimum absolute atomic E-state index is 0.000420. The first-order chi connectivity index (χ1) is 14.3. The number of nitrogens with zero attached hydrogens (tertiary/aromatic N) is 1. The van der Waals surface area contributed by atoms with Gasteiger partial charge in [-0.1, -0.05) is 47.5 Å². The predicted octanol–water partition coefficient (Wildman–Crippen LogP) is 5.28. The number of benzene rings is 2. The lowest BCUT2D eigenvalue weighted by molar-refractivity contribution is -0.128. The third kappa shape index (κ3) is 4.81. The van der Waals surface area contributed by atoms with Gasteiger partial charge in [0.05, 0.1) is 12.0 Å². The molecule has 2 aromatic carbocycles. The molecule has 2 aliphatic rings. The zero-order valence-electron chi connectivity index (χ0n) is 18.1. The summed E-state index contributed by atoms with van der Waals surface area (Å²) in [6.07, 6.45) is 2.72. The summed E-state index contributed by atoms with van der Waals surface area (Å²) < 4.78 is 6.15. The first-order valence-electron chi connectivity index (χ1n) is 10.9. The highest BCUT2D eigenvalue weighted by molar-refractivity contribution is 6.31. The van der Waals surface area contributed by atoms with E-state index >= 15 is 0 Å². The summed E-state index contributed by atoms with van der Waals surface area (Å²) in [6.45, 7) is 8.80. The molecule has 1 N–H and O–H groups in total. The second-order valence-corrected chi connectivity index (χ2v) is 9.74. The number of hydrogen-bond acceptors (Lipinski definition) is 3. The van der Waals surface area contributed by atoms with Crippen molar-refractivity contribution in [2.45, 2.75) is 58.2 Å². The van der Waals surface area contributed by atoms with Gasteiger partial charge in [0.2, 0.25) is 5.91 Å². The highest BCUT2D eigenvalue weighted by Crippen LogP contribution is 2.40. The Morgan fingerprint density at radius 1 is 1.27 bits per heavy atom. The van der Waals surface area contributed by atoms with E-state index in [4.69, 9.17) is 16.3 Å². The van der Waals surface area contributed by atoms with Gasteiger partial charge in [-0.05, 0) is 57.9 Å². The van der Waals surface area contributed by atoms with Crippen molar-refractivity contribution >= 4 is 17.5 Å². The van der Waals surface area contributed by atoms with Gasteiger partial charge in [-0.15, -0.1) is 0 Å². The Balaban J connectivity index is 1.45. The molecule has 4 nitrogen and oxygen atoms in total. The van der Waals surface area contributed by atoms with E-state index in [1.165, 1.54) is 5.56 Å². The van der Waals surface area contributed by atoms with Crippen molar-refractivity contribution in [3.63, 3.8) is 0 Å². The predicted molar refractivity (Wildman–Crippen MR) is 121 cm³/mol. The number of aryl methyl sites for hydroxylation is 1. The van der Waals surface area contributed by atoms with Gasteiger partial charge >= 0.3 is 0 Å². The molecule has 0 aliphatic carbocycles. The molecular weight excluding hydrogens is 396 g/mol. The van der Waals surface area contributed by atoms with Crippen molar-refractivity contribution in [1.29, 1.82) is 0 Å². The molecule has 0 bridgehead atoms. The molecule has 160 valence electrons. The highest BCUT2D eigenvalue weighted by atomic mass is 35.5. The van der Waals surface area contributed by atoms with E-state index in [0.29, 0.717) is 0 Å². The third-order valence-electron chi connectivity index (χ3n) is 6.17. The first-order valence-corrected chi connectivity index (χ1v) is 11.2. The van der Waals surface area contributed by atoms with Gasteiger partial charge in [-0.2, -0.15) is 0 Å². The van der Waals surface area contributed by atoms with Gasteiger partial charge in [-0.25, -0.2) is 0 Å². The minimum Gasteiger partial charge on any atom is -0.487 e. The Kier molecular flexibility index (Phi) is 6.08. The lowest BCUT2D eigenvalue weighted by Crippen LogP contribution is -2.46. The molecule has 2 aromatic rings. The summed E-state index contributed by atoms with van der Waals surface area (Å²) in [5.41, 5.74) is 3.09. The molecule has 30 heavy (non-hydrogen) atoms. The van der Waals surface area contributed by atoms with Crippen LogP contribution < -0.4 is 10.1 Å². The molecule has 2 atom stereocenters. The molecule has 1 fully saturated rings. The van der Waals surface area contributed by atoms with Crippen LogP contribution >= 0.6 is 11.6 Å². The standard InChI is InChI=1S/C25H31ClN2O2/c1-17-10-11-23-20(13-17)22(14-25(2,3)30-23)27-24(29)19-8-6-12-28(16-19)15-18-7-4-5-9-21(18)26/h4-5,7,9-11,13,19,22H,6,8,12,14-16H2,1-3H3,(H,27,29)/t19-,22+/m1/s1. The number of nitrogens with one attached hydrogen (secondary N) is 1. The van der Waals surface area contributed by atoms with Gasteiger partial charge in [0.25, 0.3) is 0 Å². The number of amides is 1. The number of piperidine rings is 1. The first kappa shape index (κ1) is 21.2.